The SMILES string of the molecule is CC(CCC(COS(=O)c1cc(N2CCCC2)ccc1N=[NH+])C(C)CC(C)(C)C)CC(C)(C)C. The van der Waals surface area contributed by atoms with Gasteiger partial charge < -0.3 is 4.90 Å². The topological polar surface area (TPSA) is 65.7 Å². The normalized spacial score (nSPS) is 18.5. The van der Waals surface area contributed by atoms with Crippen molar-refractivity contribution in [1.82, 2.24) is 0 Å². The van der Waals surface area contributed by atoms with Crippen molar-refractivity contribution >= 4 is 22.5 Å². The summed E-state index contributed by atoms with van der Waals surface area (Å²) < 4.78 is 19.3. The summed E-state index contributed by atoms with van der Waals surface area (Å²) in [4.78, 5) is 2.82. The number of hydrogen-bond acceptors (Lipinski definition) is 5. The van der Waals surface area contributed by atoms with Gasteiger partial charge in [-0.05, 0) is 78.9 Å². The van der Waals surface area contributed by atoms with Gasteiger partial charge in [-0.2, -0.15) is 0 Å². The van der Waals surface area contributed by atoms with E-state index >= 15 is 0 Å². The van der Waals surface area contributed by atoms with Crippen molar-refractivity contribution < 1.29 is 13.9 Å². The highest BCUT2D eigenvalue weighted by Crippen LogP contribution is 2.35. The molecule has 1 radical (unpaired) electrons. The van der Waals surface area contributed by atoms with Crippen LogP contribution in [0.5, 0.6) is 0 Å². The largest absolute Gasteiger partial charge is 0.371 e. The lowest BCUT2D eigenvalue weighted by atomic mass is 9.76. The van der Waals surface area contributed by atoms with Crippen molar-refractivity contribution in [2.75, 3.05) is 24.6 Å². The average molecular weight is 492 g/mol. The minimum absolute atomic E-state index is 0.245. The van der Waals surface area contributed by atoms with Gasteiger partial charge in [-0.3, -0.25) is 4.18 Å². The Balaban J connectivity index is 2.10. The molecule has 34 heavy (non-hydrogen) atoms. The number of benzene rings is 1. The number of anilines is 1. The molecule has 0 spiro atoms. The van der Waals surface area contributed by atoms with Gasteiger partial charge in [0.1, 0.15) is 10.4 Å². The standard InChI is InChI=1S/C28H49N3O2S/c1-21(18-27(3,4)5)11-12-23(22(2)19-28(6,7)8)20-33-34(32)26-17-24(13-14-25(26)30-29)31-15-9-10-16-31/h13-14,17,21-23,29H,9-12,15-16,18-20H2,1-8H3/q+1. The molecular weight excluding hydrogens is 442 g/mol. The van der Waals surface area contributed by atoms with E-state index < -0.39 is 11.1 Å². The molecule has 0 bridgehead atoms. The molecule has 1 aromatic rings. The molecule has 1 aliphatic rings. The van der Waals surface area contributed by atoms with Crippen molar-refractivity contribution in [1.29, 1.82) is 0 Å². The van der Waals surface area contributed by atoms with E-state index in [-0.39, 0.29) is 5.41 Å². The van der Waals surface area contributed by atoms with Gasteiger partial charge in [-0.25, -0.2) is 4.21 Å². The predicted octanol–water partition coefficient (Wildman–Crippen LogP) is 6.50. The monoisotopic (exact) mass is 491 g/mol. The lowest BCUT2D eigenvalue weighted by molar-refractivity contribution is -0.210. The Hall–Kier alpha value is -1.27. The number of nitrogens with zero attached hydrogens (tertiary/aromatic N) is 2. The van der Waals surface area contributed by atoms with Crippen LogP contribution in [-0.2, 0) is 15.3 Å². The first-order valence-corrected chi connectivity index (χ1v) is 14.2. The Morgan fingerprint density at radius 1 is 1.03 bits per heavy atom. The van der Waals surface area contributed by atoms with Crippen LogP contribution in [0.2, 0.25) is 0 Å². The first-order chi connectivity index (χ1) is 15.8. The Kier molecular flexibility index (Phi) is 10.7. The first-order valence-electron chi connectivity index (χ1n) is 13.1. The molecule has 0 amide bonds. The van der Waals surface area contributed by atoms with Gasteiger partial charge in [-0.1, -0.05) is 61.8 Å². The van der Waals surface area contributed by atoms with Gasteiger partial charge in [-0.15, -0.1) is 0 Å². The van der Waals surface area contributed by atoms with Gasteiger partial charge in [0.05, 0.1) is 11.7 Å². The minimum atomic E-state index is -1.64. The first kappa shape index (κ1) is 29.0. The van der Waals surface area contributed by atoms with E-state index in [1.807, 2.05) is 12.1 Å². The zero-order valence-electron chi connectivity index (χ0n) is 22.9. The van der Waals surface area contributed by atoms with E-state index in [2.05, 4.69) is 65.4 Å². The molecule has 0 saturated carbocycles. The Morgan fingerprint density at radius 3 is 2.21 bits per heavy atom. The molecule has 1 aromatic carbocycles. The van der Waals surface area contributed by atoms with Crippen LogP contribution in [0.3, 0.4) is 0 Å². The van der Waals surface area contributed by atoms with E-state index in [4.69, 9.17) is 9.71 Å². The summed E-state index contributed by atoms with van der Waals surface area (Å²) in [7, 11) is 0. The second kappa shape index (κ2) is 12.6. The van der Waals surface area contributed by atoms with E-state index in [0.717, 1.165) is 38.0 Å². The molecule has 0 aliphatic carbocycles. The second-order valence-corrected chi connectivity index (χ2v) is 14.1. The third-order valence-corrected chi connectivity index (χ3v) is 7.87. The van der Waals surface area contributed by atoms with E-state index in [1.54, 1.807) is 6.07 Å². The quantitative estimate of drug-likeness (QED) is 0.340. The van der Waals surface area contributed by atoms with Crippen LogP contribution in [-0.4, -0.2) is 23.9 Å². The fourth-order valence-electron chi connectivity index (χ4n) is 5.42. The molecule has 1 aliphatic heterocycles. The van der Waals surface area contributed by atoms with Crippen LogP contribution in [0.15, 0.2) is 28.2 Å². The van der Waals surface area contributed by atoms with Crippen molar-refractivity contribution in [2.45, 2.75) is 98.8 Å². The number of nitrogens with one attached hydrogen (secondary N) is 1. The molecule has 4 atom stereocenters. The Bertz CT molecular complexity index is 807. The van der Waals surface area contributed by atoms with Crippen LogP contribution >= 0.6 is 0 Å². The fraction of sp³-hybridized carbons (Fsp3) is 0.786. The molecule has 6 heteroatoms. The highest BCUT2D eigenvalue weighted by molar-refractivity contribution is 7.80. The van der Waals surface area contributed by atoms with Crippen molar-refractivity contribution in [3.8, 4) is 0 Å². The zero-order valence-corrected chi connectivity index (χ0v) is 23.8. The van der Waals surface area contributed by atoms with E-state index in [1.165, 1.54) is 19.3 Å². The van der Waals surface area contributed by atoms with Gasteiger partial charge in [0.25, 0.3) is 0 Å². The molecule has 5 nitrogen and oxygen atoms in total. The average Bonchev–Trinajstić information content (AvgIpc) is 3.25. The summed E-state index contributed by atoms with van der Waals surface area (Å²) in [6.07, 6.45) is 6.91. The Labute approximate surface area is 211 Å². The van der Waals surface area contributed by atoms with Gasteiger partial charge in [0.15, 0.2) is 16.8 Å². The highest BCUT2D eigenvalue weighted by atomic mass is 32.2. The maximum Gasteiger partial charge on any atom is 0.191 e. The van der Waals surface area contributed by atoms with E-state index in [9.17, 15) is 4.21 Å². The summed E-state index contributed by atoms with van der Waals surface area (Å²) in [5.41, 5.74) is 9.60. The maximum absolute atomic E-state index is 13.3. The lowest BCUT2D eigenvalue weighted by Gasteiger charge is -2.31. The molecule has 0 aromatic heterocycles. The van der Waals surface area contributed by atoms with Crippen LogP contribution in [0.4, 0.5) is 11.4 Å². The highest BCUT2D eigenvalue weighted by Gasteiger charge is 2.26. The summed E-state index contributed by atoms with van der Waals surface area (Å²) in [5.74, 6) is 1.49. The summed E-state index contributed by atoms with van der Waals surface area (Å²) in [5, 5.41) is 3.62. The lowest BCUT2D eigenvalue weighted by Crippen LogP contribution is -2.25. The summed E-state index contributed by atoms with van der Waals surface area (Å²) in [6.45, 7) is 20.9. The van der Waals surface area contributed by atoms with E-state index in [0.29, 0.717) is 40.4 Å². The van der Waals surface area contributed by atoms with Gasteiger partial charge in [0.2, 0.25) is 0 Å². The van der Waals surface area contributed by atoms with Gasteiger partial charge >= 0.3 is 0 Å². The van der Waals surface area contributed by atoms with Crippen LogP contribution in [0.1, 0.15) is 93.9 Å². The van der Waals surface area contributed by atoms with Crippen LogP contribution in [0, 0.1) is 28.6 Å². The number of rotatable bonds is 12. The maximum atomic E-state index is 13.3. The molecular formula is C28H49N3O2S+. The predicted molar refractivity (Wildman–Crippen MR) is 142 cm³/mol. The smallest absolute Gasteiger partial charge is 0.191 e. The molecule has 1 N–H and O–H groups in total. The fourth-order valence-corrected chi connectivity index (χ4v) is 6.35. The summed E-state index contributed by atoms with van der Waals surface area (Å²) in [6, 6.07) is 5.68. The molecule has 1 heterocycles. The molecule has 1 fully saturated rings. The van der Waals surface area contributed by atoms with Crippen molar-refractivity contribution in [3.05, 3.63) is 18.2 Å². The molecule has 193 valence electrons. The van der Waals surface area contributed by atoms with Crippen molar-refractivity contribution in [3.63, 3.8) is 0 Å². The van der Waals surface area contributed by atoms with Crippen molar-refractivity contribution in [2.24, 2.45) is 33.7 Å². The number of hydrogen-bond donors (Lipinski definition) is 1. The zero-order chi connectivity index (χ0) is 25.5. The van der Waals surface area contributed by atoms with Gasteiger partial charge in [0, 0.05) is 18.8 Å². The molecule has 2 rings (SSSR count). The third-order valence-electron chi connectivity index (χ3n) is 6.83. The van der Waals surface area contributed by atoms with Crippen LogP contribution < -0.4 is 10.4 Å². The third kappa shape index (κ3) is 9.77. The minimum Gasteiger partial charge on any atom is -0.371 e. The van der Waals surface area contributed by atoms with Crippen LogP contribution in [0.25, 0.3) is 0 Å². The molecule has 1 saturated heterocycles. The second-order valence-electron chi connectivity index (χ2n) is 12.9. The Morgan fingerprint density at radius 2 is 1.65 bits per heavy atom. The molecule has 4 unspecified atom stereocenters. The summed E-state index contributed by atoms with van der Waals surface area (Å²) >= 11 is -1.64.